The fraction of sp³-hybridized carbons (Fsp3) is 0.400. The van der Waals surface area contributed by atoms with E-state index in [1.807, 2.05) is 31.2 Å². The molecule has 1 aliphatic rings. The summed E-state index contributed by atoms with van der Waals surface area (Å²) in [6.07, 6.45) is 1.24. The Kier molecular flexibility index (Phi) is 5.23. The second-order valence-corrected chi connectivity index (χ2v) is 6.97. The van der Waals surface area contributed by atoms with Gasteiger partial charge in [-0.1, -0.05) is 31.2 Å². The van der Waals surface area contributed by atoms with Gasteiger partial charge in [0.2, 0.25) is 11.5 Å². The lowest BCUT2D eigenvalue weighted by Gasteiger charge is -2.25. The summed E-state index contributed by atoms with van der Waals surface area (Å²) in [6, 6.07) is 10.4. The summed E-state index contributed by atoms with van der Waals surface area (Å²) in [4.78, 5) is 25.5. The van der Waals surface area contributed by atoms with Gasteiger partial charge in [-0.3, -0.25) is 9.59 Å². The van der Waals surface area contributed by atoms with Gasteiger partial charge < -0.3 is 15.2 Å². The molecule has 2 aromatic rings. The second kappa shape index (κ2) is 7.41. The van der Waals surface area contributed by atoms with Gasteiger partial charge in [0.05, 0.1) is 12.6 Å². The van der Waals surface area contributed by atoms with Crippen molar-refractivity contribution in [3.63, 3.8) is 0 Å². The first-order valence-corrected chi connectivity index (χ1v) is 8.82. The van der Waals surface area contributed by atoms with E-state index in [0.717, 1.165) is 16.7 Å². The molecule has 0 radical (unpaired) electrons. The Hall–Kier alpha value is -2.47. The van der Waals surface area contributed by atoms with Crippen molar-refractivity contribution in [3.05, 3.63) is 58.5 Å². The van der Waals surface area contributed by atoms with E-state index in [0.29, 0.717) is 13.0 Å². The quantitative estimate of drug-likeness (QED) is 0.911. The van der Waals surface area contributed by atoms with Crippen LogP contribution in [0.5, 0.6) is 0 Å². The Morgan fingerprint density at radius 1 is 1.19 bits per heavy atom. The van der Waals surface area contributed by atoms with Crippen LogP contribution in [0.25, 0.3) is 11.1 Å². The number of benzene rings is 1. The average molecular weight is 357 g/mol. The standard InChI is InChI=1S/C20H24FN3O2/c1-13(19(22)20(26)24-10-9-17(21)12-24)14-3-5-15(6-4-14)16-7-8-18(25)23(2)11-16/h3-8,11,13,17,19H,9-10,12,22H2,1-2H3/t13-,17-,19?/m0/s1. The van der Waals surface area contributed by atoms with Gasteiger partial charge in [0.1, 0.15) is 6.17 Å². The summed E-state index contributed by atoms with van der Waals surface area (Å²) in [5, 5.41) is 0. The number of aromatic nitrogens is 1. The molecule has 1 aliphatic heterocycles. The van der Waals surface area contributed by atoms with Crippen LogP contribution in [0.15, 0.2) is 47.4 Å². The molecule has 1 aromatic heterocycles. The molecule has 26 heavy (non-hydrogen) atoms. The number of pyridine rings is 1. The Balaban J connectivity index is 1.73. The van der Waals surface area contributed by atoms with Crippen molar-refractivity contribution in [2.45, 2.75) is 31.5 Å². The van der Waals surface area contributed by atoms with E-state index in [1.54, 1.807) is 19.3 Å². The van der Waals surface area contributed by atoms with E-state index in [1.165, 1.54) is 15.5 Å². The SMILES string of the molecule is C[C@@H](c1ccc(-c2ccc(=O)n(C)c2)cc1)C(N)C(=O)N1CC[C@H](F)C1. The molecule has 1 aromatic carbocycles. The molecule has 138 valence electrons. The molecule has 5 nitrogen and oxygen atoms in total. The van der Waals surface area contributed by atoms with Crippen molar-refractivity contribution >= 4 is 5.91 Å². The third-order valence-electron chi connectivity index (χ3n) is 5.12. The minimum atomic E-state index is -0.942. The van der Waals surface area contributed by atoms with Crippen molar-refractivity contribution in [3.8, 4) is 11.1 Å². The van der Waals surface area contributed by atoms with Crippen LogP contribution in [0.2, 0.25) is 0 Å². The number of nitrogens with zero attached hydrogens (tertiary/aromatic N) is 2. The van der Waals surface area contributed by atoms with Crippen LogP contribution >= 0.6 is 0 Å². The van der Waals surface area contributed by atoms with Gasteiger partial charge in [0, 0.05) is 31.8 Å². The number of rotatable bonds is 4. The van der Waals surface area contributed by atoms with Crippen molar-refractivity contribution in [2.24, 2.45) is 12.8 Å². The number of aryl methyl sites for hydroxylation is 1. The maximum Gasteiger partial charge on any atom is 0.250 e. The van der Waals surface area contributed by atoms with E-state index in [4.69, 9.17) is 5.73 Å². The summed E-state index contributed by atoms with van der Waals surface area (Å²) < 4.78 is 14.9. The predicted molar refractivity (Wildman–Crippen MR) is 99.6 cm³/mol. The lowest BCUT2D eigenvalue weighted by molar-refractivity contribution is -0.132. The second-order valence-electron chi connectivity index (χ2n) is 6.97. The van der Waals surface area contributed by atoms with Gasteiger partial charge in [-0.05, 0) is 29.2 Å². The zero-order valence-electron chi connectivity index (χ0n) is 15.1. The van der Waals surface area contributed by atoms with Crippen molar-refractivity contribution in [2.75, 3.05) is 13.1 Å². The molecule has 1 unspecified atom stereocenters. The predicted octanol–water partition coefficient (Wildman–Crippen LogP) is 2.05. The Morgan fingerprint density at radius 2 is 1.85 bits per heavy atom. The molecule has 3 rings (SSSR count). The Bertz CT molecular complexity index is 847. The number of hydrogen-bond acceptors (Lipinski definition) is 3. The monoisotopic (exact) mass is 357 g/mol. The molecule has 2 heterocycles. The van der Waals surface area contributed by atoms with Crippen LogP contribution in [0.4, 0.5) is 4.39 Å². The summed E-state index contributed by atoms with van der Waals surface area (Å²) in [5.41, 5.74) is 8.98. The molecule has 1 amide bonds. The number of carbonyl (C=O) groups excluding carboxylic acids is 1. The molecule has 2 N–H and O–H groups in total. The minimum absolute atomic E-state index is 0.0547. The number of amides is 1. The highest BCUT2D eigenvalue weighted by Crippen LogP contribution is 2.25. The highest BCUT2D eigenvalue weighted by molar-refractivity contribution is 5.83. The maximum absolute atomic E-state index is 13.3. The maximum atomic E-state index is 13.3. The fourth-order valence-electron chi connectivity index (χ4n) is 3.29. The molecular formula is C20H24FN3O2. The summed E-state index contributed by atoms with van der Waals surface area (Å²) in [7, 11) is 1.72. The molecule has 0 saturated carbocycles. The van der Waals surface area contributed by atoms with E-state index in [9.17, 15) is 14.0 Å². The highest BCUT2D eigenvalue weighted by atomic mass is 19.1. The number of halogens is 1. The smallest absolute Gasteiger partial charge is 0.250 e. The summed E-state index contributed by atoms with van der Waals surface area (Å²) >= 11 is 0. The van der Waals surface area contributed by atoms with Gasteiger partial charge in [-0.2, -0.15) is 0 Å². The molecule has 0 bridgehead atoms. The third-order valence-corrected chi connectivity index (χ3v) is 5.12. The highest BCUT2D eigenvalue weighted by Gasteiger charge is 2.32. The Morgan fingerprint density at radius 3 is 2.42 bits per heavy atom. The van der Waals surface area contributed by atoms with Gasteiger partial charge in [0.15, 0.2) is 0 Å². The number of likely N-dealkylation sites (tertiary alicyclic amines) is 1. The molecule has 0 aliphatic carbocycles. The molecule has 3 atom stereocenters. The molecule has 0 spiro atoms. The topological polar surface area (TPSA) is 68.3 Å². The molecule has 6 heteroatoms. The summed E-state index contributed by atoms with van der Waals surface area (Å²) in [6.45, 7) is 2.49. The van der Waals surface area contributed by atoms with Gasteiger partial charge in [-0.15, -0.1) is 0 Å². The van der Waals surface area contributed by atoms with E-state index >= 15 is 0 Å². The van der Waals surface area contributed by atoms with Crippen LogP contribution < -0.4 is 11.3 Å². The van der Waals surface area contributed by atoms with E-state index in [2.05, 4.69) is 0 Å². The van der Waals surface area contributed by atoms with Gasteiger partial charge in [0.25, 0.3) is 0 Å². The zero-order valence-corrected chi connectivity index (χ0v) is 15.1. The van der Waals surface area contributed by atoms with Crippen molar-refractivity contribution in [1.82, 2.24) is 9.47 Å². The Labute approximate surface area is 152 Å². The largest absolute Gasteiger partial charge is 0.338 e. The normalized spacial score (nSPS) is 19.4. The van der Waals surface area contributed by atoms with E-state index < -0.39 is 12.2 Å². The first-order valence-electron chi connectivity index (χ1n) is 8.82. The average Bonchev–Trinajstić information content (AvgIpc) is 3.08. The van der Waals surface area contributed by atoms with Crippen LogP contribution in [0.1, 0.15) is 24.8 Å². The number of nitrogens with two attached hydrogens (primary N) is 1. The molecular weight excluding hydrogens is 333 g/mol. The molecule has 1 fully saturated rings. The summed E-state index contributed by atoms with van der Waals surface area (Å²) in [5.74, 6) is -0.366. The lowest BCUT2D eigenvalue weighted by atomic mass is 9.91. The zero-order chi connectivity index (χ0) is 18.8. The first-order chi connectivity index (χ1) is 12.4. The number of alkyl halides is 1. The lowest BCUT2D eigenvalue weighted by Crippen LogP contribution is -2.45. The van der Waals surface area contributed by atoms with E-state index in [-0.39, 0.29) is 23.9 Å². The van der Waals surface area contributed by atoms with Gasteiger partial charge >= 0.3 is 0 Å². The van der Waals surface area contributed by atoms with Crippen LogP contribution in [0, 0.1) is 0 Å². The van der Waals surface area contributed by atoms with Crippen LogP contribution in [0.3, 0.4) is 0 Å². The number of carbonyl (C=O) groups is 1. The van der Waals surface area contributed by atoms with Gasteiger partial charge in [-0.25, -0.2) is 4.39 Å². The fourth-order valence-corrected chi connectivity index (χ4v) is 3.29. The first kappa shape index (κ1) is 18.3. The van der Waals surface area contributed by atoms with Crippen molar-refractivity contribution in [1.29, 1.82) is 0 Å². The van der Waals surface area contributed by atoms with Crippen molar-refractivity contribution < 1.29 is 9.18 Å². The number of hydrogen-bond donors (Lipinski definition) is 1. The minimum Gasteiger partial charge on any atom is -0.338 e. The molecule has 1 saturated heterocycles. The third kappa shape index (κ3) is 3.70. The van der Waals surface area contributed by atoms with Crippen LogP contribution in [-0.4, -0.2) is 40.7 Å². The van der Waals surface area contributed by atoms with Crippen LogP contribution in [-0.2, 0) is 11.8 Å².